The van der Waals surface area contributed by atoms with Gasteiger partial charge in [-0.05, 0) is 39.3 Å². The van der Waals surface area contributed by atoms with Crippen molar-refractivity contribution < 1.29 is 35.2 Å². The topological polar surface area (TPSA) is 121 Å². The zero-order chi connectivity index (χ0) is 21.7. The van der Waals surface area contributed by atoms with Gasteiger partial charge in [-0.1, -0.05) is 31.2 Å². The summed E-state index contributed by atoms with van der Waals surface area (Å²) in [4.78, 5) is 24.8. The maximum atomic E-state index is 13.3. The van der Waals surface area contributed by atoms with Crippen LogP contribution in [0.5, 0.6) is 11.5 Å². The number of carbonyl (C=O) groups is 2. The van der Waals surface area contributed by atoms with E-state index in [1.165, 1.54) is 37.3 Å². The van der Waals surface area contributed by atoms with Crippen LogP contribution in [0.1, 0.15) is 66.0 Å². The number of aromatic hydroxyl groups is 2. The van der Waals surface area contributed by atoms with Gasteiger partial charge in [0.1, 0.15) is 11.3 Å². The first-order chi connectivity index (χ1) is 13.7. The second kappa shape index (κ2) is 9.36. The molecule has 5 N–H and O–H groups in total. The van der Waals surface area contributed by atoms with E-state index in [-0.39, 0.29) is 34.3 Å². The maximum Gasteiger partial charge on any atom is 0.223 e. The molecule has 0 aromatic heterocycles. The Bertz CT molecular complexity index is 945. The number of allylic oxidation sites excluding steroid dienone is 1. The summed E-state index contributed by atoms with van der Waals surface area (Å²) in [5, 5.41) is 30.0. The minimum absolute atomic E-state index is 0.0151. The van der Waals surface area contributed by atoms with Crippen molar-refractivity contribution in [1.82, 2.24) is 0 Å². The largest absolute Gasteiger partial charge is 0.504 e. The minimum atomic E-state index is -0.611. The van der Waals surface area contributed by atoms with Crippen LogP contribution in [0, 0.1) is 0 Å². The smallest absolute Gasteiger partial charge is 0.223 e. The van der Waals surface area contributed by atoms with Crippen molar-refractivity contribution in [3.05, 3.63) is 58.7 Å². The van der Waals surface area contributed by atoms with Crippen molar-refractivity contribution in [2.24, 2.45) is 0 Å². The molecule has 0 fully saturated rings. The zero-order valence-corrected chi connectivity index (χ0v) is 16.9. The monoisotopic (exact) mass is 400 g/mol. The molecule has 0 spiro atoms. The molecule has 29 heavy (non-hydrogen) atoms. The van der Waals surface area contributed by atoms with Gasteiger partial charge in [-0.15, -0.1) is 0 Å². The van der Waals surface area contributed by atoms with Crippen LogP contribution in [0.15, 0.2) is 36.4 Å². The highest BCUT2D eigenvalue weighted by Crippen LogP contribution is 2.40. The third kappa shape index (κ3) is 4.82. The lowest BCUT2D eigenvalue weighted by Gasteiger charge is -2.18. The molecule has 0 amide bonds. The molecular weight excluding hydrogens is 374 g/mol. The predicted molar refractivity (Wildman–Crippen MR) is 108 cm³/mol. The number of phenols is 2. The first-order valence-electron chi connectivity index (χ1n) is 9.30. The van der Waals surface area contributed by atoms with Gasteiger partial charge in [-0.25, -0.2) is 5.21 Å². The Balaban J connectivity index is 2.73. The van der Waals surface area contributed by atoms with E-state index in [1.807, 2.05) is 20.8 Å². The number of quaternary nitrogens is 1. The average Bonchev–Trinajstić information content (AvgIpc) is 2.68. The van der Waals surface area contributed by atoms with Gasteiger partial charge in [-0.3, -0.25) is 9.59 Å². The third-order valence-corrected chi connectivity index (χ3v) is 4.24. The highest BCUT2D eigenvalue weighted by atomic mass is 16.5. The highest BCUT2D eigenvalue weighted by Gasteiger charge is 2.29. The second-order valence-electron chi connectivity index (χ2n) is 6.82. The zero-order valence-electron chi connectivity index (χ0n) is 16.9. The molecule has 0 aliphatic heterocycles. The molecule has 0 saturated carbocycles. The van der Waals surface area contributed by atoms with E-state index in [0.29, 0.717) is 23.2 Å². The average molecular weight is 400 g/mol. The van der Waals surface area contributed by atoms with Crippen LogP contribution in [0.25, 0.3) is 5.76 Å². The van der Waals surface area contributed by atoms with E-state index in [9.17, 15) is 25.0 Å². The lowest BCUT2D eigenvalue weighted by Crippen LogP contribution is -2.74. The summed E-state index contributed by atoms with van der Waals surface area (Å²) in [5.74, 6) is -1.38. The minimum Gasteiger partial charge on any atom is -0.504 e. The molecule has 0 unspecified atom stereocenters. The Morgan fingerprint density at radius 3 is 2.21 bits per heavy atom. The molecule has 0 aliphatic rings. The van der Waals surface area contributed by atoms with Gasteiger partial charge in [-0.2, -0.15) is 5.48 Å². The summed E-state index contributed by atoms with van der Waals surface area (Å²) in [7, 11) is 0. The molecule has 154 valence electrons. The number of Topliss-reactive ketones (excluding diaryl/α,β-unsaturated/α-hetero) is 1. The highest BCUT2D eigenvalue weighted by molar-refractivity contribution is 6.15. The molecule has 7 nitrogen and oxygen atoms in total. The number of ketones is 2. The Labute approximate surface area is 169 Å². The number of hydrogen-bond acceptors (Lipinski definition) is 6. The quantitative estimate of drug-likeness (QED) is 0.177. The van der Waals surface area contributed by atoms with E-state index >= 15 is 0 Å². The number of benzene rings is 2. The van der Waals surface area contributed by atoms with Crippen LogP contribution in [0.4, 0.5) is 5.69 Å². The van der Waals surface area contributed by atoms with Gasteiger partial charge in [0.2, 0.25) is 11.4 Å². The molecule has 2 aromatic rings. The number of nitrogens with two attached hydrogens (primary N) is 1. The van der Waals surface area contributed by atoms with Gasteiger partial charge in [0, 0.05) is 16.7 Å². The van der Waals surface area contributed by atoms with Crippen molar-refractivity contribution >= 4 is 23.0 Å². The summed E-state index contributed by atoms with van der Waals surface area (Å²) in [6, 6.07) is 7.31. The third-order valence-electron chi connectivity index (χ3n) is 4.24. The van der Waals surface area contributed by atoms with Crippen molar-refractivity contribution in [2.75, 3.05) is 0 Å². The summed E-state index contributed by atoms with van der Waals surface area (Å²) >= 11 is 0. The Morgan fingerprint density at radius 2 is 1.72 bits per heavy atom. The van der Waals surface area contributed by atoms with Crippen molar-refractivity contribution in [1.29, 1.82) is 0 Å². The van der Waals surface area contributed by atoms with Gasteiger partial charge in [0.15, 0.2) is 17.3 Å². The van der Waals surface area contributed by atoms with Gasteiger partial charge >= 0.3 is 0 Å². The first kappa shape index (κ1) is 22.1. The SMILES string of the molecule is CCC=C(OC(C)C)c1cc(O)c(O)c([NH2+]O)c1C(=O)c1ccc(C(C)=O)cc1. The summed E-state index contributed by atoms with van der Waals surface area (Å²) < 4.78 is 5.82. The van der Waals surface area contributed by atoms with Crippen molar-refractivity contribution in [3.8, 4) is 11.5 Å². The Kier molecular flexibility index (Phi) is 7.14. The van der Waals surface area contributed by atoms with Gasteiger partial charge < -0.3 is 14.9 Å². The fourth-order valence-electron chi connectivity index (χ4n) is 2.90. The van der Waals surface area contributed by atoms with E-state index in [0.717, 1.165) is 0 Å². The van der Waals surface area contributed by atoms with E-state index in [2.05, 4.69) is 0 Å². The van der Waals surface area contributed by atoms with Gasteiger partial charge in [0.05, 0.1) is 6.10 Å². The number of hydrogen-bond donors (Lipinski definition) is 4. The second-order valence-corrected chi connectivity index (χ2v) is 6.82. The molecule has 0 heterocycles. The Morgan fingerprint density at radius 1 is 1.14 bits per heavy atom. The predicted octanol–water partition coefficient (Wildman–Crippen LogP) is 3.29. The fraction of sp³-hybridized carbons (Fsp3) is 0.273. The molecule has 2 rings (SSSR count). The number of ether oxygens (including phenoxy) is 1. The lowest BCUT2D eigenvalue weighted by atomic mass is 9.93. The molecule has 0 radical (unpaired) electrons. The number of phenolic OH excluding ortho intramolecular Hbond substituents is 2. The standard InChI is InChI=1S/C22H25NO6/c1-5-6-18(29-12(2)3)16-11-17(25)22(27)20(23-28)19(16)21(26)15-9-7-14(8-10-15)13(4)24/h6-12,23,25,27-28H,5H2,1-4H3/p+1. The lowest BCUT2D eigenvalue weighted by molar-refractivity contribution is -0.826. The molecule has 0 atom stereocenters. The van der Waals surface area contributed by atoms with E-state index < -0.39 is 17.3 Å². The molecule has 2 aromatic carbocycles. The van der Waals surface area contributed by atoms with Crippen LogP contribution in [0.2, 0.25) is 0 Å². The Hall–Kier alpha value is -3.16. The number of carbonyl (C=O) groups excluding carboxylic acids is 2. The van der Waals surface area contributed by atoms with Crippen LogP contribution in [-0.4, -0.2) is 33.1 Å². The molecule has 7 heteroatoms. The number of rotatable bonds is 8. The van der Waals surface area contributed by atoms with Crippen LogP contribution < -0.4 is 5.48 Å². The fourth-order valence-corrected chi connectivity index (χ4v) is 2.90. The summed E-state index contributed by atoms with van der Waals surface area (Å²) in [6.45, 7) is 6.97. The summed E-state index contributed by atoms with van der Waals surface area (Å²) in [6.07, 6.45) is 2.15. The van der Waals surface area contributed by atoms with Crippen LogP contribution >= 0.6 is 0 Å². The normalized spacial score (nSPS) is 11.6. The molecular formula is C22H26NO6+. The van der Waals surface area contributed by atoms with Gasteiger partial charge in [0.25, 0.3) is 0 Å². The maximum absolute atomic E-state index is 13.3. The molecule has 0 saturated heterocycles. The van der Waals surface area contributed by atoms with Crippen LogP contribution in [-0.2, 0) is 4.74 Å². The van der Waals surface area contributed by atoms with Crippen molar-refractivity contribution in [2.45, 2.75) is 40.2 Å². The summed E-state index contributed by atoms with van der Waals surface area (Å²) in [5.41, 5.74) is 1.31. The van der Waals surface area contributed by atoms with E-state index in [4.69, 9.17) is 4.74 Å². The molecule has 0 bridgehead atoms. The van der Waals surface area contributed by atoms with Crippen LogP contribution in [0.3, 0.4) is 0 Å². The van der Waals surface area contributed by atoms with Crippen molar-refractivity contribution in [3.63, 3.8) is 0 Å². The van der Waals surface area contributed by atoms with E-state index in [1.54, 1.807) is 6.08 Å². The molecule has 0 aliphatic carbocycles. The first-order valence-corrected chi connectivity index (χ1v) is 9.30.